The molecule has 30 heavy (non-hydrogen) atoms. The molecule has 1 aromatic carbocycles. The number of halogens is 5. The van der Waals surface area contributed by atoms with Crippen LogP contribution in [0.25, 0.3) is 5.69 Å². The molecule has 0 saturated carbocycles. The maximum Gasteiger partial charge on any atom is 0.417 e. The van der Waals surface area contributed by atoms with E-state index in [9.17, 15) is 17.6 Å². The monoisotopic (exact) mass is 452 g/mol. The first-order chi connectivity index (χ1) is 14.2. The van der Waals surface area contributed by atoms with E-state index in [4.69, 9.17) is 16.0 Å². The van der Waals surface area contributed by atoms with Crippen molar-refractivity contribution in [2.45, 2.75) is 19.1 Å². The van der Waals surface area contributed by atoms with E-state index in [1.165, 1.54) is 25.4 Å². The van der Waals surface area contributed by atoms with E-state index in [0.717, 1.165) is 12.1 Å². The van der Waals surface area contributed by atoms with Gasteiger partial charge >= 0.3 is 6.18 Å². The lowest BCUT2D eigenvalue weighted by Crippen LogP contribution is -2.27. The molecule has 0 fully saturated rings. The third kappa shape index (κ3) is 3.34. The first-order valence-electron chi connectivity index (χ1n) is 8.69. The predicted molar refractivity (Wildman–Crippen MR) is 104 cm³/mol. The number of hydrogen-bond donors (Lipinski definition) is 0. The molecule has 1 aliphatic rings. The molecule has 3 aromatic rings. The Morgan fingerprint density at radius 1 is 1.20 bits per heavy atom. The summed E-state index contributed by atoms with van der Waals surface area (Å²) in [6, 6.07) is 4.13. The van der Waals surface area contributed by atoms with Gasteiger partial charge in [0.25, 0.3) is 9.76 Å². The summed E-state index contributed by atoms with van der Waals surface area (Å²) in [4.78, 5) is 12.9. The highest BCUT2D eigenvalue weighted by atomic mass is 35.5. The van der Waals surface area contributed by atoms with Gasteiger partial charge in [0, 0.05) is 25.1 Å². The second-order valence-electron chi connectivity index (χ2n) is 6.45. The first kappa shape index (κ1) is 20.7. The van der Waals surface area contributed by atoms with Gasteiger partial charge in [-0.05, 0) is 31.2 Å². The van der Waals surface area contributed by atoms with Crippen molar-refractivity contribution in [3.63, 3.8) is 0 Å². The van der Waals surface area contributed by atoms with Crippen LogP contribution >= 0.6 is 11.6 Å². The zero-order chi connectivity index (χ0) is 21.6. The highest BCUT2D eigenvalue weighted by Crippen LogP contribution is 2.41. The largest absolute Gasteiger partial charge is 0.417 e. The highest BCUT2D eigenvalue weighted by Gasteiger charge is 2.38. The zero-order valence-electron chi connectivity index (χ0n) is 15.6. The van der Waals surface area contributed by atoms with Gasteiger partial charge < -0.3 is 4.43 Å². The summed E-state index contributed by atoms with van der Waals surface area (Å²) in [5, 5.41) is 0.0404. The molecule has 0 amide bonds. The summed E-state index contributed by atoms with van der Waals surface area (Å²) < 4.78 is 62.3. The van der Waals surface area contributed by atoms with E-state index in [1.807, 2.05) is 0 Å². The molecule has 1 atom stereocenters. The van der Waals surface area contributed by atoms with E-state index < -0.39 is 28.6 Å². The fourth-order valence-electron chi connectivity index (χ4n) is 3.34. The van der Waals surface area contributed by atoms with Crippen LogP contribution in [0.15, 0.2) is 41.7 Å². The lowest BCUT2D eigenvalue weighted by atomic mass is 10.0. The average molecular weight is 453 g/mol. The summed E-state index contributed by atoms with van der Waals surface area (Å²) in [7, 11) is 1.39. The number of nitrogens with zero attached hydrogens (tertiary/aromatic N) is 4. The normalized spacial score (nSPS) is 16.0. The van der Waals surface area contributed by atoms with Gasteiger partial charge in [0.05, 0.1) is 27.3 Å². The van der Waals surface area contributed by atoms with E-state index in [1.54, 1.807) is 17.7 Å². The van der Waals surface area contributed by atoms with Crippen LogP contribution in [0.3, 0.4) is 0 Å². The van der Waals surface area contributed by atoms with Crippen LogP contribution in [0.4, 0.5) is 17.6 Å². The third-order valence-corrected chi connectivity index (χ3v) is 5.74. The van der Waals surface area contributed by atoms with Gasteiger partial charge in [-0.3, -0.25) is 14.5 Å². The lowest BCUT2D eigenvalue weighted by molar-refractivity contribution is -0.137. The van der Waals surface area contributed by atoms with Gasteiger partial charge in [0.2, 0.25) is 0 Å². The second-order valence-corrected chi connectivity index (χ2v) is 7.95. The SMILES string of the molecule is CO[Si]c1cnc2n1-c1ccc(C(F)(F)F)c(Cl)c1C(c1ncccc1F)=NC2C. The van der Waals surface area contributed by atoms with Crippen molar-refractivity contribution in [1.82, 2.24) is 14.5 Å². The molecule has 0 saturated heterocycles. The maximum atomic E-state index is 14.6. The summed E-state index contributed by atoms with van der Waals surface area (Å²) in [5.74, 6) is -0.251. The fraction of sp³-hybridized carbons (Fsp3) is 0.211. The topological polar surface area (TPSA) is 52.3 Å². The van der Waals surface area contributed by atoms with Gasteiger partial charge in [0.15, 0.2) is 5.82 Å². The highest BCUT2D eigenvalue weighted by molar-refractivity contribution is 6.46. The Hall–Kier alpha value is -2.56. The van der Waals surface area contributed by atoms with Crippen LogP contribution in [0.2, 0.25) is 5.02 Å². The minimum Gasteiger partial charge on any atom is -0.414 e. The summed E-state index contributed by atoms with van der Waals surface area (Å²) in [6.45, 7) is 1.71. The van der Waals surface area contributed by atoms with Crippen LogP contribution < -0.4 is 5.32 Å². The van der Waals surface area contributed by atoms with Gasteiger partial charge in [-0.25, -0.2) is 9.37 Å². The lowest BCUT2D eigenvalue weighted by Gasteiger charge is -2.18. The third-order valence-electron chi connectivity index (χ3n) is 4.58. The van der Waals surface area contributed by atoms with Gasteiger partial charge in [0.1, 0.15) is 17.6 Å². The smallest absolute Gasteiger partial charge is 0.414 e. The van der Waals surface area contributed by atoms with Crippen molar-refractivity contribution in [2.75, 3.05) is 7.11 Å². The Labute approximate surface area is 176 Å². The second kappa shape index (κ2) is 7.60. The molecule has 0 spiro atoms. The minimum absolute atomic E-state index is 0.0603. The summed E-state index contributed by atoms with van der Waals surface area (Å²) in [5.41, 5.74) is -1.06. The number of fused-ring (bicyclic) bond motifs is 3. The van der Waals surface area contributed by atoms with Crippen LogP contribution in [0.5, 0.6) is 0 Å². The Kier molecular flexibility index (Phi) is 5.24. The molecule has 1 aliphatic heterocycles. The van der Waals surface area contributed by atoms with E-state index in [2.05, 4.69) is 15.0 Å². The molecule has 4 rings (SSSR count). The molecule has 2 aromatic heterocycles. The molecular formula is C19H13ClF4N4OSi. The molecule has 11 heteroatoms. The Balaban J connectivity index is 2.11. The van der Waals surface area contributed by atoms with Crippen molar-refractivity contribution in [3.05, 3.63) is 70.1 Å². The predicted octanol–water partition coefficient (Wildman–Crippen LogP) is 3.88. The van der Waals surface area contributed by atoms with Crippen LogP contribution in [-0.2, 0) is 10.6 Å². The van der Waals surface area contributed by atoms with Crippen LogP contribution in [-0.4, -0.2) is 37.1 Å². The minimum atomic E-state index is -4.70. The van der Waals surface area contributed by atoms with E-state index >= 15 is 0 Å². The maximum absolute atomic E-state index is 14.6. The van der Waals surface area contributed by atoms with Crippen molar-refractivity contribution in [3.8, 4) is 5.69 Å². The average Bonchev–Trinajstić information content (AvgIpc) is 3.04. The zero-order valence-corrected chi connectivity index (χ0v) is 17.4. The van der Waals surface area contributed by atoms with Crippen molar-refractivity contribution in [1.29, 1.82) is 0 Å². The molecule has 1 unspecified atom stereocenters. The fourth-order valence-corrected chi connectivity index (χ4v) is 4.35. The standard InChI is InChI=1S/C19H13ClF4N4OSi/c1-9-18-26-8-13(30-29-2)28(18)12-6-5-10(19(22,23)24)15(20)14(12)17(27-9)16-11(21)4-3-7-25-16/h3-9H,1-2H3. The number of imidazole rings is 1. The first-order valence-corrected chi connectivity index (χ1v) is 9.98. The van der Waals surface area contributed by atoms with Crippen molar-refractivity contribution >= 4 is 32.4 Å². The molecule has 154 valence electrons. The number of aliphatic imine (C=N–C) groups is 1. The van der Waals surface area contributed by atoms with Gasteiger partial charge in [-0.2, -0.15) is 13.2 Å². The van der Waals surface area contributed by atoms with E-state index in [0.29, 0.717) is 16.8 Å². The van der Waals surface area contributed by atoms with E-state index in [-0.39, 0.29) is 26.7 Å². The van der Waals surface area contributed by atoms with Crippen molar-refractivity contribution < 1.29 is 22.0 Å². The molecule has 2 radical (unpaired) electrons. The Morgan fingerprint density at radius 2 is 1.97 bits per heavy atom. The molecule has 3 heterocycles. The number of alkyl halides is 3. The van der Waals surface area contributed by atoms with Gasteiger partial charge in [-0.1, -0.05) is 11.6 Å². The quantitative estimate of drug-likeness (QED) is 0.447. The van der Waals surface area contributed by atoms with Crippen LogP contribution in [0, 0.1) is 5.82 Å². The summed E-state index contributed by atoms with van der Waals surface area (Å²) in [6.07, 6.45) is -1.79. The van der Waals surface area contributed by atoms with Crippen LogP contribution in [0.1, 0.15) is 35.6 Å². The summed E-state index contributed by atoms with van der Waals surface area (Å²) >= 11 is 6.28. The number of hydrogen-bond acceptors (Lipinski definition) is 4. The number of rotatable bonds is 3. The molecule has 5 nitrogen and oxygen atoms in total. The molecule has 0 bridgehead atoms. The number of benzene rings is 1. The number of pyridine rings is 1. The molecule has 0 N–H and O–H groups in total. The van der Waals surface area contributed by atoms with Gasteiger partial charge in [-0.15, -0.1) is 0 Å². The number of aromatic nitrogens is 3. The molecule has 0 aliphatic carbocycles. The Bertz CT molecular complexity index is 1160. The Morgan fingerprint density at radius 3 is 2.63 bits per heavy atom. The molecular weight excluding hydrogens is 440 g/mol. The van der Waals surface area contributed by atoms with Crippen molar-refractivity contribution in [2.24, 2.45) is 4.99 Å².